The number of nitrogens with one attached hydrogen (secondary N) is 1. The van der Waals surface area contributed by atoms with E-state index in [0.29, 0.717) is 19.1 Å². The van der Waals surface area contributed by atoms with Crippen LogP contribution >= 0.6 is 0 Å². The number of nitrogens with zero attached hydrogens (tertiary/aromatic N) is 1. The van der Waals surface area contributed by atoms with Crippen LogP contribution in [0.3, 0.4) is 0 Å². The van der Waals surface area contributed by atoms with Gasteiger partial charge < -0.3 is 15.0 Å². The van der Waals surface area contributed by atoms with Crippen molar-refractivity contribution in [3.05, 3.63) is 0 Å². The van der Waals surface area contributed by atoms with E-state index in [1.807, 2.05) is 0 Å². The van der Waals surface area contributed by atoms with E-state index in [1.165, 1.54) is 0 Å². The summed E-state index contributed by atoms with van der Waals surface area (Å²) in [6.07, 6.45) is 4.88. The van der Waals surface area contributed by atoms with Gasteiger partial charge in [-0.1, -0.05) is 6.92 Å². The molecule has 114 valence electrons. The molecule has 5 heteroatoms. The van der Waals surface area contributed by atoms with Crippen LogP contribution < -0.4 is 5.32 Å². The lowest BCUT2D eigenvalue weighted by Gasteiger charge is -2.39. The molecule has 0 spiro atoms. The Kier molecular flexibility index (Phi) is 5.40. The Labute approximate surface area is 121 Å². The van der Waals surface area contributed by atoms with E-state index in [0.717, 1.165) is 38.6 Å². The minimum atomic E-state index is -0.382. The van der Waals surface area contributed by atoms with Crippen molar-refractivity contribution < 1.29 is 14.3 Å². The SMILES string of the molecule is CCOC(=O)C1CCCCN1C(=O)C1NCCCC1C. The molecule has 5 nitrogen and oxygen atoms in total. The molecule has 3 unspecified atom stereocenters. The molecule has 2 rings (SSSR count). The summed E-state index contributed by atoms with van der Waals surface area (Å²) in [6.45, 7) is 5.84. The Morgan fingerprint density at radius 1 is 1.25 bits per heavy atom. The summed E-state index contributed by atoms with van der Waals surface area (Å²) in [7, 11) is 0. The van der Waals surface area contributed by atoms with Gasteiger partial charge in [0, 0.05) is 6.54 Å². The molecule has 2 fully saturated rings. The van der Waals surface area contributed by atoms with Crippen LogP contribution in [-0.4, -0.2) is 48.6 Å². The van der Waals surface area contributed by atoms with E-state index in [4.69, 9.17) is 4.74 Å². The number of ether oxygens (including phenoxy) is 1. The van der Waals surface area contributed by atoms with E-state index in [9.17, 15) is 9.59 Å². The second-order valence-corrected chi connectivity index (χ2v) is 5.85. The number of piperidine rings is 2. The number of rotatable bonds is 3. The molecule has 2 aliphatic heterocycles. The largest absolute Gasteiger partial charge is 0.464 e. The topological polar surface area (TPSA) is 58.6 Å². The third-order valence-electron chi connectivity index (χ3n) is 4.38. The molecular weight excluding hydrogens is 256 g/mol. The van der Waals surface area contributed by atoms with Crippen LogP contribution in [0, 0.1) is 5.92 Å². The van der Waals surface area contributed by atoms with Crippen molar-refractivity contribution in [1.82, 2.24) is 10.2 Å². The van der Waals surface area contributed by atoms with E-state index in [-0.39, 0.29) is 24.0 Å². The Bertz CT molecular complexity index is 359. The molecular formula is C15H26N2O3. The van der Waals surface area contributed by atoms with Gasteiger partial charge in [0.05, 0.1) is 12.6 Å². The average molecular weight is 282 g/mol. The van der Waals surface area contributed by atoms with Crippen molar-refractivity contribution in [2.24, 2.45) is 5.92 Å². The first-order valence-electron chi connectivity index (χ1n) is 7.85. The van der Waals surface area contributed by atoms with Gasteiger partial charge in [-0.3, -0.25) is 4.79 Å². The summed E-state index contributed by atoms with van der Waals surface area (Å²) in [4.78, 5) is 26.5. The lowest BCUT2D eigenvalue weighted by atomic mass is 9.90. The summed E-state index contributed by atoms with van der Waals surface area (Å²) in [5.74, 6) is 0.167. The fourth-order valence-electron chi connectivity index (χ4n) is 3.24. The first kappa shape index (κ1) is 15.3. The van der Waals surface area contributed by atoms with E-state index >= 15 is 0 Å². The quantitative estimate of drug-likeness (QED) is 0.793. The van der Waals surface area contributed by atoms with E-state index in [2.05, 4.69) is 12.2 Å². The van der Waals surface area contributed by atoms with Crippen molar-refractivity contribution in [2.45, 2.75) is 58.0 Å². The van der Waals surface area contributed by atoms with E-state index < -0.39 is 0 Å². The van der Waals surface area contributed by atoms with Gasteiger partial charge in [0.1, 0.15) is 6.04 Å². The standard InChI is InChI=1S/C15H26N2O3/c1-3-20-15(19)12-8-4-5-10-17(12)14(18)13-11(2)7-6-9-16-13/h11-13,16H,3-10H2,1-2H3. The molecule has 2 aliphatic rings. The molecule has 0 bridgehead atoms. The maximum absolute atomic E-state index is 12.7. The van der Waals surface area contributed by atoms with Gasteiger partial charge in [0.15, 0.2) is 0 Å². The third-order valence-corrected chi connectivity index (χ3v) is 4.38. The fraction of sp³-hybridized carbons (Fsp3) is 0.867. The Morgan fingerprint density at radius 2 is 2.05 bits per heavy atom. The van der Waals surface area contributed by atoms with Crippen molar-refractivity contribution in [2.75, 3.05) is 19.7 Å². The molecule has 2 heterocycles. The number of amides is 1. The van der Waals surface area contributed by atoms with Gasteiger partial charge in [0.25, 0.3) is 0 Å². The lowest BCUT2D eigenvalue weighted by molar-refractivity contribution is -0.158. The number of hydrogen-bond acceptors (Lipinski definition) is 4. The van der Waals surface area contributed by atoms with Gasteiger partial charge in [-0.2, -0.15) is 0 Å². The molecule has 0 radical (unpaired) electrons. The highest BCUT2D eigenvalue weighted by Crippen LogP contribution is 2.23. The van der Waals surface area contributed by atoms with Crippen molar-refractivity contribution in [3.8, 4) is 0 Å². The van der Waals surface area contributed by atoms with Gasteiger partial charge in [-0.15, -0.1) is 0 Å². The highest BCUT2D eigenvalue weighted by Gasteiger charge is 2.38. The number of carbonyl (C=O) groups is 2. The molecule has 1 N–H and O–H groups in total. The fourth-order valence-corrected chi connectivity index (χ4v) is 3.24. The monoisotopic (exact) mass is 282 g/mol. The van der Waals surface area contributed by atoms with Crippen molar-refractivity contribution >= 4 is 11.9 Å². The van der Waals surface area contributed by atoms with Crippen LogP contribution in [-0.2, 0) is 14.3 Å². The molecule has 0 aromatic heterocycles. The number of hydrogen-bond donors (Lipinski definition) is 1. The van der Waals surface area contributed by atoms with Crippen LogP contribution in [0.15, 0.2) is 0 Å². The van der Waals surface area contributed by atoms with Crippen LogP contribution in [0.25, 0.3) is 0 Å². The Morgan fingerprint density at radius 3 is 2.75 bits per heavy atom. The smallest absolute Gasteiger partial charge is 0.328 e. The number of esters is 1. The third kappa shape index (κ3) is 3.32. The van der Waals surface area contributed by atoms with Crippen molar-refractivity contribution in [3.63, 3.8) is 0 Å². The van der Waals surface area contributed by atoms with Crippen molar-refractivity contribution in [1.29, 1.82) is 0 Å². The van der Waals surface area contributed by atoms with Gasteiger partial charge >= 0.3 is 5.97 Å². The molecule has 2 saturated heterocycles. The second kappa shape index (κ2) is 7.07. The molecule has 0 aromatic carbocycles. The highest BCUT2D eigenvalue weighted by molar-refractivity contribution is 5.88. The first-order valence-corrected chi connectivity index (χ1v) is 7.85. The summed E-state index contributed by atoms with van der Waals surface area (Å²) in [6, 6.07) is -0.522. The van der Waals surface area contributed by atoms with Gasteiger partial charge in [-0.25, -0.2) is 4.79 Å². The Balaban J connectivity index is 2.06. The molecule has 3 atom stereocenters. The van der Waals surface area contributed by atoms with Gasteiger partial charge in [-0.05, 0) is 51.5 Å². The summed E-state index contributed by atoms with van der Waals surface area (Å²) < 4.78 is 5.12. The summed E-state index contributed by atoms with van der Waals surface area (Å²) >= 11 is 0. The zero-order chi connectivity index (χ0) is 14.5. The minimum Gasteiger partial charge on any atom is -0.464 e. The van der Waals surface area contributed by atoms with Crippen LogP contribution in [0.4, 0.5) is 0 Å². The van der Waals surface area contributed by atoms with Gasteiger partial charge in [0.2, 0.25) is 5.91 Å². The number of carbonyl (C=O) groups excluding carboxylic acids is 2. The maximum atomic E-state index is 12.7. The molecule has 0 saturated carbocycles. The average Bonchev–Trinajstić information content (AvgIpc) is 2.47. The number of likely N-dealkylation sites (tertiary alicyclic amines) is 1. The minimum absolute atomic E-state index is 0.0787. The Hall–Kier alpha value is -1.10. The lowest BCUT2D eigenvalue weighted by Crippen LogP contribution is -2.57. The predicted octanol–water partition coefficient (Wildman–Crippen LogP) is 1.32. The normalized spacial score (nSPS) is 30.9. The first-order chi connectivity index (χ1) is 9.65. The maximum Gasteiger partial charge on any atom is 0.328 e. The summed E-state index contributed by atoms with van der Waals surface area (Å²) in [5.41, 5.74) is 0. The van der Waals surface area contributed by atoms with Crippen LogP contribution in [0.5, 0.6) is 0 Å². The predicted molar refractivity (Wildman–Crippen MR) is 76.2 cm³/mol. The highest BCUT2D eigenvalue weighted by atomic mass is 16.5. The molecule has 0 aliphatic carbocycles. The zero-order valence-corrected chi connectivity index (χ0v) is 12.6. The van der Waals surface area contributed by atoms with Crippen LogP contribution in [0.2, 0.25) is 0 Å². The van der Waals surface area contributed by atoms with E-state index in [1.54, 1.807) is 11.8 Å². The van der Waals surface area contributed by atoms with Crippen LogP contribution in [0.1, 0.15) is 46.0 Å². The zero-order valence-electron chi connectivity index (χ0n) is 12.6. The summed E-state index contributed by atoms with van der Waals surface area (Å²) in [5, 5.41) is 3.31. The second-order valence-electron chi connectivity index (χ2n) is 5.85. The molecule has 0 aromatic rings. The molecule has 1 amide bonds. The molecule has 20 heavy (non-hydrogen) atoms.